The van der Waals surface area contributed by atoms with Gasteiger partial charge >= 0.3 is 0 Å². The van der Waals surface area contributed by atoms with Crippen LogP contribution >= 0.6 is 0 Å². The van der Waals surface area contributed by atoms with Gasteiger partial charge < -0.3 is 0 Å². The number of hydrogen-bond acceptors (Lipinski definition) is 4. The molecule has 1 N–H and O–H groups in total. The van der Waals surface area contributed by atoms with E-state index in [2.05, 4.69) is 4.72 Å². The van der Waals surface area contributed by atoms with Crippen molar-refractivity contribution in [3.8, 4) is 0 Å². The van der Waals surface area contributed by atoms with Gasteiger partial charge in [0.15, 0.2) is 0 Å². The summed E-state index contributed by atoms with van der Waals surface area (Å²) in [6, 6.07) is 10.5. The molecule has 2 aromatic rings. The third-order valence-electron chi connectivity index (χ3n) is 3.75. The molecule has 0 aliphatic heterocycles. The van der Waals surface area contributed by atoms with Crippen molar-refractivity contribution >= 4 is 31.4 Å². The van der Waals surface area contributed by atoms with E-state index < -0.39 is 25.9 Å². The summed E-state index contributed by atoms with van der Waals surface area (Å²) < 4.78 is 66.0. The van der Waals surface area contributed by atoms with Crippen LogP contribution in [0.4, 0.5) is 15.8 Å². The molecule has 1 aliphatic carbocycles. The average Bonchev–Trinajstić information content (AvgIpc) is 3.33. The van der Waals surface area contributed by atoms with Crippen LogP contribution in [-0.4, -0.2) is 29.1 Å². The zero-order valence-corrected chi connectivity index (χ0v) is 15.0. The smallest absolute Gasteiger partial charge is 0.261 e. The Morgan fingerprint density at radius 1 is 1.00 bits per heavy atom. The summed E-state index contributed by atoms with van der Waals surface area (Å²) in [4.78, 5) is -0.110. The van der Waals surface area contributed by atoms with E-state index in [9.17, 15) is 21.2 Å². The molecule has 0 spiro atoms. The molecule has 1 fully saturated rings. The summed E-state index contributed by atoms with van der Waals surface area (Å²) >= 11 is 0. The molecule has 0 bridgehead atoms. The van der Waals surface area contributed by atoms with Crippen LogP contribution in [0, 0.1) is 5.82 Å². The van der Waals surface area contributed by atoms with Crippen LogP contribution in [0.3, 0.4) is 0 Å². The van der Waals surface area contributed by atoms with Crippen molar-refractivity contribution in [2.24, 2.45) is 0 Å². The largest absolute Gasteiger partial charge is 0.277 e. The Bertz CT molecular complexity index is 985. The maximum atomic E-state index is 13.0. The van der Waals surface area contributed by atoms with Crippen molar-refractivity contribution in [1.29, 1.82) is 0 Å². The first-order chi connectivity index (χ1) is 11.7. The van der Waals surface area contributed by atoms with E-state index >= 15 is 0 Å². The molecule has 0 saturated heterocycles. The topological polar surface area (TPSA) is 83.6 Å². The first-order valence-electron chi connectivity index (χ1n) is 7.55. The van der Waals surface area contributed by atoms with Crippen molar-refractivity contribution in [2.45, 2.75) is 23.8 Å². The van der Waals surface area contributed by atoms with Crippen LogP contribution in [0.1, 0.15) is 12.8 Å². The number of sulfonamides is 2. The lowest BCUT2D eigenvalue weighted by atomic mass is 10.2. The number of nitrogens with zero attached hydrogens (tertiary/aromatic N) is 1. The first kappa shape index (κ1) is 17.7. The van der Waals surface area contributed by atoms with Crippen molar-refractivity contribution in [1.82, 2.24) is 0 Å². The van der Waals surface area contributed by atoms with Crippen LogP contribution in [0.25, 0.3) is 0 Å². The summed E-state index contributed by atoms with van der Waals surface area (Å²) in [5.41, 5.74) is 0.433. The van der Waals surface area contributed by atoms with E-state index in [0.29, 0.717) is 0 Å². The maximum absolute atomic E-state index is 13.0. The molecule has 25 heavy (non-hydrogen) atoms. The highest BCUT2D eigenvalue weighted by molar-refractivity contribution is 7.93. The van der Waals surface area contributed by atoms with Gasteiger partial charge in [0, 0.05) is 6.04 Å². The molecule has 3 rings (SSSR count). The molecule has 9 heteroatoms. The molecule has 0 radical (unpaired) electrons. The lowest BCUT2D eigenvalue weighted by Crippen LogP contribution is -2.33. The van der Waals surface area contributed by atoms with Crippen molar-refractivity contribution in [2.75, 3.05) is 15.3 Å². The van der Waals surface area contributed by atoms with Crippen LogP contribution in [0.2, 0.25) is 0 Å². The Hall–Kier alpha value is -2.13. The average molecular weight is 384 g/mol. The highest BCUT2D eigenvalue weighted by Crippen LogP contribution is 2.38. The number of hydrogen-bond donors (Lipinski definition) is 1. The molecule has 0 unspecified atom stereocenters. The SMILES string of the molecule is CS(=O)(=O)N(c1ccccc1NS(=O)(=O)c1ccc(F)cc1)C1CC1. The molecule has 0 heterocycles. The van der Waals surface area contributed by atoms with Gasteiger partial charge in [-0.1, -0.05) is 12.1 Å². The standard InChI is InChI=1S/C16H17FN2O4S2/c1-24(20,21)19(13-8-9-13)16-5-3-2-4-15(16)18-25(22,23)14-10-6-12(17)7-11-14/h2-7,10-11,13,18H,8-9H2,1H3. The number of anilines is 2. The van der Waals surface area contributed by atoms with Gasteiger partial charge in [-0.3, -0.25) is 9.03 Å². The van der Waals surface area contributed by atoms with E-state index in [0.717, 1.165) is 43.4 Å². The number of benzene rings is 2. The van der Waals surface area contributed by atoms with E-state index in [1.165, 1.54) is 10.4 Å². The molecule has 134 valence electrons. The van der Waals surface area contributed by atoms with Crippen LogP contribution in [-0.2, 0) is 20.0 Å². The first-order valence-corrected chi connectivity index (χ1v) is 10.9. The van der Waals surface area contributed by atoms with Crippen molar-refractivity contribution in [3.63, 3.8) is 0 Å². The Balaban J connectivity index is 2.00. The van der Waals surface area contributed by atoms with Crippen LogP contribution in [0.5, 0.6) is 0 Å². The third-order valence-corrected chi connectivity index (χ3v) is 6.34. The van der Waals surface area contributed by atoms with E-state index in [1.807, 2.05) is 0 Å². The quantitative estimate of drug-likeness (QED) is 0.830. The Labute approximate surface area is 146 Å². The summed E-state index contributed by atoms with van der Waals surface area (Å²) in [5.74, 6) is -0.545. The van der Waals surface area contributed by atoms with Crippen molar-refractivity contribution < 1.29 is 21.2 Å². The fraction of sp³-hybridized carbons (Fsp3) is 0.250. The summed E-state index contributed by atoms with van der Waals surface area (Å²) in [6.45, 7) is 0. The minimum Gasteiger partial charge on any atom is -0.277 e. The molecule has 1 saturated carbocycles. The molecular weight excluding hydrogens is 367 g/mol. The lowest BCUT2D eigenvalue weighted by Gasteiger charge is -2.25. The van der Waals surface area contributed by atoms with Gasteiger partial charge in [-0.15, -0.1) is 0 Å². The lowest BCUT2D eigenvalue weighted by molar-refractivity contribution is 0.594. The number of para-hydroxylation sites is 2. The van der Waals surface area contributed by atoms with Gasteiger partial charge in [-0.2, -0.15) is 0 Å². The van der Waals surface area contributed by atoms with E-state index in [1.54, 1.807) is 18.2 Å². The minimum absolute atomic E-state index is 0.110. The zero-order valence-electron chi connectivity index (χ0n) is 13.4. The predicted octanol–water partition coefficient (Wildman–Crippen LogP) is 2.55. The second-order valence-electron chi connectivity index (χ2n) is 5.87. The molecule has 1 aliphatic rings. The van der Waals surface area contributed by atoms with Gasteiger partial charge in [0.05, 0.1) is 22.5 Å². The highest BCUT2D eigenvalue weighted by Gasteiger charge is 2.36. The third kappa shape index (κ3) is 3.93. The Morgan fingerprint density at radius 2 is 1.60 bits per heavy atom. The van der Waals surface area contributed by atoms with E-state index in [-0.39, 0.29) is 22.3 Å². The van der Waals surface area contributed by atoms with Crippen LogP contribution < -0.4 is 9.03 Å². The van der Waals surface area contributed by atoms with Gasteiger partial charge in [0.25, 0.3) is 10.0 Å². The van der Waals surface area contributed by atoms with Gasteiger partial charge in [-0.05, 0) is 49.2 Å². The monoisotopic (exact) mass is 384 g/mol. The fourth-order valence-electron chi connectivity index (χ4n) is 2.52. The molecule has 6 nitrogen and oxygen atoms in total. The zero-order chi connectivity index (χ0) is 18.2. The second kappa shape index (κ2) is 6.30. The van der Waals surface area contributed by atoms with E-state index in [4.69, 9.17) is 0 Å². The Morgan fingerprint density at radius 3 is 2.16 bits per heavy atom. The fourth-order valence-corrected chi connectivity index (χ4v) is 4.87. The Kier molecular flexibility index (Phi) is 4.46. The summed E-state index contributed by atoms with van der Waals surface area (Å²) in [7, 11) is -7.53. The molecular formula is C16H17FN2O4S2. The molecule has 0 atom stereocenters. The predicted molar refractivity (Wildman–Crippen MR) is 94.0 cm³/mol. The second-order valence-corrected chi connectivity index (χ2v) is 9.41. The number of rotatable bonds is 6. The van der Waals surface area contributed by atoms with Crippen molar-refractivity contribution in [3.05, 3.63) is 54.3 Å². The summed E-state index contributed by atoms with van der Waals surface area (Å²) in [5, 5.41) is 0. The maximum Gasteiger partial charge on any atom is 0.261 e. The van der Waals surface area contributed by atoms with Gasteiger partial charge in [0.2, 0.25) is 10.0 Å². The summed E-state index contributed by atoms with van der Waals surface area (Å²) in [6.07, 6.45) is 2.55. The van der Waals surface area contributed by atoms with Gasteiger partial charge in [-0.25, -0.2) is 21.2 Å². The number of halogens is 1. The van der Waals surface area contributed by atoms with Crippen LogP contribution in [0.15, 0.2) is 53.4 Å². The molecule has 0 amide bonds. The van der Waals surface area contributed by atoms with Gasteiger partial charge in [0.1, 0.15) is 5.82 Å². The minimum atomic E-state index is -3.98. The highest BCUT2D eigenvalue weighted by atomic mass is 32.2. The number of nitrogens with one attached hydrogen (secondary N) is 1. The normalized spacial score (nSPS) is 15.0. The molecule has 2 aromatic carbocycles. The molecule has 0 aromatic heterocycles.